The summed E-state index contributed by atoms with van der Waals surface area (Å²) in [6.45, 7) is 19.9. The summed E-state index contributed by atoms with van der Waals surface area (Å²) in [4.78, 5) is 10.6. The number of hydrogen-bond donors (Lipinski definition) is 1. The Morgan fingerprint density at radius 3 is 1.87 bits per heavy atom. The Kier molecular flexibility index (Phi) is 11.4. The molecule has 0 aliphatic rings. The first-order valence-electron chi connectivity index (χ1n) is 21.6. The van der Waals surface area contributed by atoms with E-state index in [1.807, 2.05) is 12.3 Å². The third-order valence-electron chi connectivity index (χ3n) is 12.1. The fraction of sp³-hybridized carbons (Fsp3) is 0.207. The molecule has 2 aromatic heterocycles. The van der Waals surface area contributed by atoms with Gasteiger partial charge in [0.1, 0.15) is 11.6 Å². The van der Waals surface area contributed by atoms with Crippen LogP contribution in [-0.4, -0.2) is 19.6 Å². The van der Waals surface area contributed by atoms with Crippen LogP contribution in [0.3, 0.4) is 0 Å². The van der Waals surface area contributed by atoms with Gasteiger partial charge in [0.05, 0.1) is 22.3 Å². The number of rotatable bonds is 6. The smallest absolute Gasteiger partial charge is 0.148 e. The van der Waals surface area contributed by atoms with Gasteiger partial charge in [-0.15, -0.1) is 17.7 Å². The van der Waals surface area contributed by atoms with Crippen LogP contribution in [0.15, 0.2) is 158 Å². The van der Waals surface area contributed by atoms with Gasteiger partial charge in [-0.1, -0.05) is 206 Å². The van der Waals surface area contributed by atoms with Gasteiger partial charge in [0, 0.05) is 44.1 Å². The molecule has 1 N–H and O–H groups in total. The van der Waals surface area contributed by atoms with Crippen molar-refractivity contribution in [3.8, 4) is 67.5 Å². The number of nitrogens with zero attached hydrogens (tertiary/aromatic N) is 3. The number of aromatic nitrogens is 3. The van der Waals surface area contributed by atoms with Crippen LogP contribution < -0.4 is 0 Å². The van der Waals surface area contributed by atoms with Gasteiger partial charge in [-0.2, -0.15) is 0 Å². The van der Waals surface area contributed by atoms with Gasteiger partial charge in [0.15, 0.2) is 0 Å². The fourth-order valence-electron chi connectivity index (χ4n) is 8.58. The van der Waals surface area contributed by atoms with E-state index >= 15 is 0 Å². The molecule has 0 radical (unpaired) electrons. The summed E-state index contributed by atoms with van der Waals surface area (Å²) in [5.41, 5.74) is 14.3. The zero-order valence-corrected chi connectivity index (χ0v) is 39.9. The van der Waals surface area contributed by atoms with E-state index in [0.29, 0.717) is 11.4 Å². The van der Waals surface area contributed by atoms with Crippen LogP contribution in [0.1, 0.15) is 79.0 Å². The second-order valence-electron chi connectivity index (χ2n) is 19.7. The van der Waals surface area contributed by atoms with Gasteiger partial charge in [-0.3, -0.25) is 9.55 Å². The maximum atomic E-state index is 12.5. The molecular formula is C58H54N3OPt-. The van der Waals surface area contributed by atoms with Crippen LogP contribution in [0.25, 0.3) is 83.5 Å². The quantitative estimate of drug-likeness (QED) is 0.169. The Bertz CT molecular complexity index is 3130. The van der Waals surface area contributed by atoms with Gasteiger partial charge in [0.25, 0.3) is 0 Å². The Morgan fingerprint density at radius 2 is 1.19 bits per heavy atom. The van der Waals surface area contributed by atoms with Crippen LogP contribution in [-0.2, 0) is 37.3 Å². The molecule has 4 nitrogen and oxygen atoms in total. The van der Waals surface area contributed by atoms with E-state index in [4.69, 9.17) is 9.97 Å². The minimum Gasteiger partial charge on any atom is -0.507 e. The third-order valence-corrected chi connectivity index (χ3v) is 12.1. The summed E-state index contributed by atoms with van der Waals surface area (Å²) in [5.74, 6) is 0.926. The van der Waals surface area contributed by atoms with Crippen molar-refractivity contribution < 1.29 is 26.2 Å². The maximum absolute atomic E-state index is 12.5. The predicted molar refractivity (Wildman–Crippen MR) is 260 cm³/mol. The van der Waals surface area contributed by atoms with Gasteiger partial charge in [-0.25, -0.2) is 4.98 Å². The molecule has 0 saturated heterocycles. The van der Waals surface area contributed by atoms with Crippen molar-refractivity contribution >= 4 is 21.8 Å². The Balaban J connectivity index is 0.00000544. The molecule has 9 rings (SSSR count). The number of aromatic hydroxyl groups is 1. The SMILES string of the molecule is CC(C)(C)c1ccnc(-c2[c-]c(-c3cccc4c3nc(-c3cc(C(C)(C)C)cc(C(C)(C)C)c3O)n4-c3ccccc3-c3ccccc3)cc3cc(-c4ccccc4)ccc23)c1.[Pt]. The summed E-state index contributed by atoms with van der Waals surface area (Å²) >= 11 is 0. The van der Waals surface area contributed by atoms with Gasteiger partial charge >= 0.3 is 0 Å². The number of benzene rings is 7. The molecule has 0 fully saturated rings. The molecule has 0 spiro atoms. The molecule has 0 bridgehead atoms. The Labute approximate surface area is 387 Å². The molecule has 9 aromatic rings. The van der Waals surface area contributed by atoms with E-state index in [-0.39, 0.29) is 43.1 Å². The summed E-state index contributed by atoms with van der Waals surface area (Å²) in [7, 11) is 0. The predicted octanol–water partition coefficient (Wildman–Crippen LogP) is 15.3. The van der Waals surface area contributed by atoms with Crippen molar-refractivity contribution in [2.75, 3.05) is 0 Å². The second kappa shape index (κ2) is 16.6. The van der Waals surface area contributed by atoms with Crippen molar-refractivity contribution in [1.29, 1.82) is 0 Å². The molecule has 5 heteroatoms. The fourth-order valence-corrected chi connectivity index (χ4v) is 8.58. The minimum absolute atomic E-state index is 0. The third kappa shape index (κ3) is 8.30. The minimum atomic E-state index is -0.322. The first-order chi connectivity index (χ1) is 29.6. The first kappa shape index (κ1) is 43.6. The maximum Gasteiger partial charge on any atom is 0.148 e. The van der Waals surface area contributed by atoms with E-state index in [2.05, 4.69) is 219 Å². The largest absolute Gasteiger partial charge is 0.507 e. The monoisotopic (exact) mass is 1000 g/mol. The van der Waals surface area contributed by atoms with Crippen molar-refractivity contribution in [2.24, 2.45) is 0 Å². The standard InChI is InChI=1S/C58H54N3O.Pt/c1-56(2,3)42-29-30-59-50(36-42)47-33-41(32-40-31-39(27-28-44(40)47)37-19-12-10-13-20-37)46-24-18-26-52-53(46)60-55(48-34-43(57(4,5)6)35-49(54(48)62)58(7,8)9)61(52)51-25-17-16-23-45(51)38-21-14-11-15-22-38;/h10-32,34-36,62H,1-9H3;/q-1;. The molecular weight excluding hydrogens is 950 g/mol. The molecule has 63 heavy (non-hydrogen) atoms. The van der Waals surface area contributed by atoms with Gasteiger partial charge in [0.2, 0.25) is 0 Å². The molecule has 0 saturated carbocycles. The molecule has 0 aliphatic carbocycles. The second-order valence-corrected chi connectivity index (χ2v) is 19.7. The molecule has 2 heterocycles. The topological polar surface area (TPSA) is 50.9 Å². The number of imidazole rings is 1. The Morgan fingerprint density at radius 1 is 0.540 bits per heavy atom. The summed E-state index contributed by atoms with van der Waals surface area (Å²) < 4.78 is 2.25. The van der Waals surface area contributed by atoms with Crippen molar-refractivity contribution in [3.05, 3.63) is 181 Å². The number of para-hydroxylation sites is 2. The number of hydrogen-bond acceptors (Lipinski definition) is 3. The van der Waals surface area contributed by atoms with Crippen LogP contribution in [0.2, 0.25) is 0 Å². The van der Waals surface area contributed by atoms with Crippen molar-refractivity contribution in [3.63, 3.8) is 0 Å². The average molecular weight is 1000 g/mol. The zero-order valence-electron chi connectivity index (χ0n) is 37.6. The number of phenolic OH excluding ortho intramolecular Hbond substituents is 1. The van der Waals surface area contributed by atoms with Crippen LogP contribution in [0.4, 0.5) is 0 Å². The first-order valence-corrected chi connectivity index (χ1v) is 21.6. The van der Waals surface area contributed by atoms with E-state index < -0.39 is 0 Å². The summed E-state index contributed by atoms with van der Waals surface area (Å²) in [6, 6.07) is 57.4. The van der Waals surface area contributed by atoms with Gasteiger partial charge < -0.3 is 5.11 Å². The molecule has 7 aromatic carbocycles. The molecule has 0 atom stereocenters. The van der Waals surface area contributed by atoms with Crippen molar-refractivity contribution in [1.82, 2.24) is 14.5 Å². The molecule has 0 aliphatic heterocycles. The van der Waals surface area contributed by atoms with Crippen LogP contribution in [0, 0.1) is 6.07 Å². The molecule has 0 amide bonds. The number of fused-ring (bicyclic) bond motifs is 2. The summed E-state index contributed by atoms with van der Waals surface area (Å²) in [5, 5.41) is 14.6. The zero-order chi connectivity index (χ0) is 43.6. The van der Waals surface area contributed by atoms with E-state index in [1.54, 1.807) is 0 Å². The van der Waals surface area contributed by atoms with E-state index in [9.17, 15) is 5.11 Å². The van der Waals surface area contributed by atoms with E-state index in [1.165, 1.54) is 5.56 Å². The van der Waals surface area contributed by atoms with Crippen LogP contribution >= 0.6 is 0 Å². The van der Waals surface area contributed by atoms with Crippen LogP contribution in [0.5, 0.6) is 5.75 Å². The normalized spacial score (nSPS) is 12.1. The number of phenols is 1. The number of pyridine rings is 1. The Hall–Kier alpha value is -6.09. The molecule has 0 unspecified atom stereocenters. The van der Waals surface area contributed by atoms with E-state index in [0.717, 1.165) is 83.3 Å². The average Bonchev–Trinajstić information content (AvgIpc) is 3.65. The van der Waals surface area contributed by atoms with Gasteiger partial charge in [-0.05, 0) is 68.3 Å². The molecule has 318 valence electrons. The summed E-state index contributed by atoms with van der Waals surface area (Å²) in [6.07, 6.45) is 1.92. The van der Waals surface area contributed by atoms with Crippen molar-refractivity contribution in [2.45, 2.75) is 78.6 Å².